The molecule has 3 heterocycles. The van der Waals surface area contributed by atoms with Gasteiger partial charge in [-0.1, -0.05) is 109 Å². The van der Waals surface area contributed by atoms with Crippen molar-refractivity contribution in [3.63, 3.8) is 0 Å². The average molecular weight is 651 g/mol. The number of rotatable bonds is 5. The van der Waals surface area contributed by atoms with Crippen molar-refractivity contribution in [1.29, 1.82) is 0 Å². The highest BCUT2D eigenvalue weighted by molar-refractivity contribution is 7.26. The van der Waals surface area contributed by atoms with Gasteiger partial charge in [0.25, 0.3) is 0 Å². The second kappa shape index (κ2) is 10.9. The van der Waals surface area contributed by atoms with E-state index in [4.69, 9.17) is 9.40 Å². The van der Waals surface area contributed by atoms with E-state index in [1.54, 1.807) is 0 Å². The first-order valence-corrected chi connectivity index (χ1v) is 17.6. The predicted octanol–water partition coefficient (Wildman–Crippen LogP) is 13.4. The minimum atomic E-state index is 0.627. The summed E-state index contributed by atoms with van der Waals surface area (Å²) in [6.07, 6.45) is 0. The molecular formula is C43H26N2OS2. The van der Waals surface area contributed by atoms with Crippen LogP contribution in [-0.2, 0) is 0 Å². The molecule has 0 bridgehead atoms. The number of hydrogen-bond donors (Lipinski definition) is 0. The van der Waals surface area contributed by atoms with E-state index >= 15 is 0 Å². The molecule has 0 unspecified atom stereocenters. The number of anilines is 3. The van der Waals surface area contributed by atoms with Gasteiger partial charge in [-0.15, -0.1) is 22.7 Å². The van der Waals surface area contributed by atoms with Crippen LogP contribution in [0.5, 0.6) is 0 Å². The van der Waals surface area contributed by atoms with Crippen LogP contribution in [0.15, 0.2) is 162 Å². The molecule has 0 fully saturated rings. The lowest BCUT2D eigenvalue weighted by Gasteiger charge is -2.28. The van der Waals surface area contributed by atoms with E-state index in [2.05, 4.69) is 144 Å². The summed E-state index contributed by atoms with van der Waals surface area (Å²) in [6.45, 7) is 0. The average Bonchev–Trinajstić information content (AvgIpc) is 3.86. The van der Waals surface area contributed by atoms with Crippen molar-refractivity contribution in [3.05, 3.63) is 158 Å². The monoisotopic (exact) mass is 650 g/mol. The van der Waals surface area contributed by atoms with Crippen LogP contribution >= 0.6 is 22.7 Å². The predicted molar refractivity (Wildman–Crippen MR) is 205 cm³/mol. The van der Waals surface area contributed by atoms with Crippen LogP contribution in [0.1, 0.15) is 0 Å². The molecule has 0 atom stereocenters. The van der Waals surface area contributed by atoms with Crippen LogP contribution in [0.4, 0.5) is 17.1 Å². The van der Waals surface area contributed by atoms with Gasteiger partial charge in [0.1, 0.15) is 5.52 Å². The third-order valence-electron chi connectivity index (χ3n) is 9.10. The van der Waals surface area contributed by atoms with Gasteiger partial charge < -0.3 is 9.32 Å². The summed E-state index contributed by atoms with van der Waals surface area (Å²) in [5.41, 5.74) is 8.21. The molecular weight excluding hydrogens is 625 g/mol. The van der Waals surface area contributed by atoms with Gasteiger partial charge in [0.2, 0.25) is 5.89 Å². The Bertz CT molecular complexity index is 2790. The van der Waals surface area contributed by atoms with Gasteiger partial charge in [0.15, 0.2) is 5.58 Å². The fourth-order valence-electron chi connectivity index (χ4n) is 6.92. The van der Waals surface area contributed by atoms with Gasteiger partial charge >= 0.3 is 0 Å². The van der Waals surface area contributed by atoms with E-state index < -0.39 is 0 Å². The van der Waals surface area contributed by atoms with Crippen LogP contribution in [-0.4, -0.2) is 4.98 Å². The van der Waals surface area contributed by atoms with Crippen molar-refractivity contribution in [1.82, 2.24) is 4.98 Å². The van der Waals surface area contributed by atoms with Gasteiger partial charge in [0.05, 0.1) is 16.1 Å². The molecule has 0 aliphatic carbocycles. The lowest BCUT2D eigenvalue weighted by molar-refractivity contribution is 0.620. The number of benzene rings is 7. The maximum Gasteiger partial charge on any atom is 0.227 e. The van der Waals surface area contributed by atoms with E-state index in [1.807, 2.05) is 40.9 Å². The van der Waals surface area contributed by atoms with Crippen LogP contribution in [0, 0.1) is 0 Å². The highest BCUT2D eigenvalue weighted by Crippen LogP contribution is 2.50. The van der Waals surface area contributed by atoms with E-state index in [0.29, 0.717) is 5.89 Å². The first-order valence-electron chi connectivity index (χ1n) is 16.0. The molecule has 0 amide bonds. The number of para-hydroxylation sites is 1. The minimum Gasteiger partial charge on any atom is -0.436 e. The maximum absolute atomic E-state index is 6.64. The SMILES string of the molecule is c1ccc(-c2nc3c(cc(N(c4ccc5c(c4)sc4ccccc45)c4ccccc4-c4ccccc4)c4sc5ccccc5c43)o2)cc1. The second-order valence-electron chi connectivity index (χ2n) is 11.9. The molecule has 0 N–H and O–H groups in total. The molecule has 10 rings (SSSR count). The third kappa shape index (κ3) is 4.29. The third-order valence-corrected chi connectivity index (χ3v) is 11.4. The molecule has 48 heavy (non-hydrogen) atoms. The summed E-state index contributed by atoms with van der Waals surface area (Å²) < 4.78 is 11.6. The Labute approximate surface area is 284 Å². The van der Waals surface area contributed by atoms with Crippen LogP contribution < -0.4 is 4.90 Å². The van der Waals surface area contributed by atoms with E-state index in [1.165, 1.54) is 40.5 Å². The first kappa shape index (κ1) is 27.4. The van der Waals surface area contributed by atoms with Crippen molar-refractivity contribution >= 4 is 91.2 Å². The fourth-order valence-corrected chi connectivity index (χ4v) is 9.27. The topological polar surface area (TPSA) is 29.3 Å². The lowest BCUT2D eigenvalue weighted by Crippen LogP contribution is -2.11. The molecule has 3 aromatic heterocycles. The summed E-state index contributed by atoms with van der Waals surface area (Å²) in [4.78, 5) is 7.56. The Hall–Kier alpha value is -5.75. The maximum atomic E-state index is 6.64. The molecule has 0 aliphatic heterocycles. The van der Waals surface area contributed by atoms with Crippen LogP contribution in [0.25, 0.3) is 74.0 Å². The fraction of sp³-hybridized carbons (Fsp3) is 0. The Morgan fingerprint density at radius 2 is 1.15 bits per heavy atom. The summed E-state index contributed by atoms with van der Waals surface area (Å²) >= 11 is 3.66. The number of hydrogen-bond acceptors (Lipinski definition) is 5. The van der Waals surface area contributed by atoms with Crippen molar-refractivity contribution in [2.75, 3.05) is 4.90 Å². The number of fused-ring (bicyclic) bond motifs is 8. The minimum absolute atomic E-state index is 0.627. The van der Waals surface area contributed by atoms with Gasteiger partial charge in [-0.05, 0) is 48.0 Å². The van der Waals surface area contributed by atoms with E-state index in [9.17, 15) is 0 Å². The Balaban J connectivity index is 1.31. The van der Waals surface area contributed by atoms with Gasteiger partial charge in [-0.3, -0.25) is 0 Å². The summed E-state index contributed by atoms with van der Waals surface area (Å²) in [5.74, 6) is 0.627. The van der Waals surface area contributed by atoms with Crippen molar-refractivity contribution in [3.8, 4) is 22.6 Å². The molecule has 5 heteroatoms. The highest BCUT2D eigenvalue weighted by Gasteiger charge is 2.25. The van der Waals surface area contributed by atoms with E-state index in [0.717, 1.165) is 44.7 Å². The number of aromatic nitrogens is 1. The Kier molecular flexibility index (Phi) is 6.22. The molecule has 0 spiro atoms. The van der Waals surface area contributed by atoms with E-state index in [-0.39, 0.29) is 0 Å². The summed E-state index contributed by atoms with van der Waals surface area (Å²) in [5, 5.41) is 4.89. The molecule has 0 radical (unpaired) electrons. The smallest absolute Gasteiger partial charge is 0.227 e. The Morgan fingerprint density at radius 1 is 0.500 bits per heavy atom. The standard InChI is InChI=1S/C43H26N2OS2/c1-3-13-27(14-4-1)30-17-7-10-20-34(30)45(29-23-24-32-31-18-8-11-21-37(31)47-39(32)25-29)35-26-36-41(44-43(46-36)28-15-5-2-6-16-28)40-33-19-9-12-22-38(33)48-42(35)40/h1-26H. The van der Waals surface area contributed by atoms with Crippen LogP contribution in [0.3, 0.4) is 0 Å². The van der Waals surface area contributed by atoms with Gasteiger partial charge in [-0.2, -0.15) is 0 Å². The summed E-state index contributed by atoms with van der Waals surface area (Å²) in [7, 11) is 0. The lowest BCUT2D eigenvalue weighted by atomic mass is 10.0. The molecule has 7 aromatic carbocycles. The van der Waals surface area contributed by atoms with Crippen molar-refractivity contribution in [2.45, 2.75) is 0 Å². The normalized spacial score (nSPS) is 11.8. The quantitative estimate of drug-likeness (QED) is 0.186. The summed E-state index contributed by atoms with van der Waals surface area (Å²) in [6, 6.07) is 56.0. The van der Waals surface area contributed by atoms with Crippen molar-refractivity contribution < 1.29 is 4.42 Å². The largest absolute Gasteiger partial charge is 0.436 e. The zero-order valence-electron chi connectivity index (χ0n) is 25.6. The molecule has 0 saturated heterocycles. The molecule has 10 aromatic rings. The zero-order chi connectivity index (χ0) is 31.6. The second-order valence-corrected chi connectivity index (χ2v) is 14.1. The van der Waals surface area contributed by atoms with Gasteiger partial charge in [0, 0.05) is 58.5 Å². The highest BCUT2D eigenvalue weighted by atomic mass is 32.1. The molecule has 0 aliphatic rings. The zero-order valence-corrected chi connectivity index (χ0v) is 27.3. The Morgan fingerprint density at radius 3 is 1.96 bits per heavy atom. The first-order chi connectivity index (χ1) is 23.8. The number of oxazole rings is 1. The number of nitrogens with zero attached hydrogens (tertiary/aromatic N) is 2. The molecule has 0 saturated carbocycles. The van der Waals surface area contributed by atoms with Gasteiger partial charge in [-0.25, -0.2) is 4.98 Å². The molecule has 3 nitrogen and oxygen atoms in total. The van der Waals surface area contributed by atoms with Crippen LogP contribution in [0.2, 0.25) is 0 Å². The van der Waals surface area contributed by atoms with Crippen molar-refractivity contribution in [2.24, 2.45) is 0 Å². The number of thiophene rings is 2. The molecule has 226 valence electrons.